The summed E-state index contributed by atoms with van der Waals surface area (Å²) >= 11 is 0. The van der Waals surface area contributed by atoms with E-state index in [2.05, 4.69) is 35.0 Å². The number of imidazole rings is 1. The van der Waals surface area contributed by atoms with Gasteiger partial charge in [-0.3, -0.25) is 4.90 Å². The van der Waals surface area contributed by atoms with Crippen molar-refractivity contribution in [2.24, 2.45) is 0 Å². The maximum atomic E-state index is 11.2. The number of piperidine rings is 1. The molecular formula is C21H23N3O2. The fraction of sp³-hybridized carbons (Fsp3) is 0.333. The molecule has 0 radical (unpaired) electrons. The fourth-order valence-corrected chi connectivity index (χ4v) is 3.82. The Hall–Kier alpha value is -2.66. The second-order valence-electron chi connectivity index (χ2n) is 7.22. The molecule has 0 saturated carbocycles. The first-order valence-electron chi connectivity index (χ1n) is 9.09. The second-order valence-corrected chi connectivity index (χ2v) is 7.22. The van der Waals surface area contributed by atoms with Crippen LogP contribution in [0.5, 0.6) is 0 Å². The number of carboxylic acids is 1. The molecule has 0 aliphatic carbocycles. The van der Waals surface area contributed by atoms with Crippen LogP contribution in [0.25, 0.3) is 11.0 Å². The van der Waals surface area contributed by atoms with E-state index in [1.807, 2.05) is 12.1 Å². The Labute approximate surface area is 152 Å². The summed E-state index contributed by atoms with van der Waals surface area (Å²) in [6, 6.07) is 13.5. The Morgan fingerprint density at radius 3 is 3.04 bits per heavy atom. The molecule has 5 nitrogen and oxygen atoms in total. The number of H-pyrrole nitrogens is 1. The first-order valence-corrected chi connectivity index (χ1v) is 9.09. The van der Waals surface area contributed by atoms with Crippen molar-refractivity contribution in [3.8, 4) is 0 Å². The van der Waals surface area contributed by atoms with Gasteiger partial charge in [-0.05, 0) is 61.7 Å². The fourth-order valence-electron chi connectivity index (χ4n) is 3.82. The summed E-state index contributed by atoms with van der Waals surface area (Å²) < 4.78 is 0. The Balaban J connectivity index is 1.50. The Kier molecular flexibility index (Phi) is 4.47. The predicted octanol–water partition coefficient (Wildman–Crippen LogP) is 3.95. The lowest BCUT2D eigenvalue weighted by molar-refractivity contribution is 0.0696. The average molecular weight is 349 g/mol. The van der Waals surface area contributed by atoms with Gasteiger partial charge in [-0.25, -0.2) is 9.78 Å². The number of aryl methyl sites for hydroxylation is 1. The van der Waals surface area contributed by atoms with Crippen LogP contribution in [-0.4, -0.2) is 39.0 Å². The zero-order valence-electron chi connectivity index (χ0n) is 14.9. The molecule has 1 aromatic heterocycles. The molecule has 4 rings (SSSR count). The van der Waals surface area contributed by atoms with Crippen molar-refractivity contribution < 1.29 is 9.90 Å². The van der Waals surface area contributed by atoms with Crippen LogP contribution in [0.2, 0.25) is 0 Å². The summed E-state index contributed by atoms with van der Waals surface area (Å²) in [4.78, 5) is 21.9. The number of nitrogens with zero attached hydrogens (tertiary/aromatic N) is 2. The highest BCUT2D eigenvalue weighted by molar-refractivity contribution is 5.87. The maximum absolute atomic E-state index is 11.2. The van der Waals surface area contributed by atoms with Gasteiger partial charge in [0.25, 0.3) is 0 Å². The van der Waals surface area contributed by atoms with Gasteiger partial charge in [0.05, 0.1) is 16.6 Å². The summed E-state index contributed by atoms with van der Waals surface area (Å²) in [5.41, 5.74) is 4.76. The minimum absolute atomic E-state index is 0.351. The predicted molar refractivity (Wildman–Crippen MR) is 101 cm³/mol. The molecule has 1 unspecified atom stereocenters. The van der Waals surface area contributed by atoms with E-state index in [1.54, 1.807) is 12.1 Å². The standard InChI is InChI=1S/C21H23N3O2/c1-14-7-8-18-19(10-14)23-20(22-18)17-6-3-9-24(13-17)12-15-4-2-5-16(11-15)21(25)26/h2,4-5,7-8,10-11,17H,3,6,9,12-13H2,1H3,(H,22,23)(H,25,26). The summed E-state index contributed by atoms with van der Waals surface area (Å²) in [7, 11) is 0. The van der Waals surface area contributed by atoms with Gasteiger partial charge in [-0.2, -0.15) is 0 Å². The highest BCUT2D eigenvalue weighted by atomic mass is 16.4. The monoisotopic (exact) mass is 349 g/mol. The van der Waals surface area contributed by atoms with Gasteiger partial charge in [0.1, 0.15) is 5.82 Å². The van der Waals surface area contributed by atoms with Crippen LogP contribution in [0.15, 0.2) is 42.5 Å². The van der Waals surface area contributed by atoms with Crippen molar-refractivity contribution in [2.75, 3.05) is 13.1 Å². The van der Waals surface area contributed by atoms with Gasteiger partial charge in [-0.1, -0.05) is 18.2 Å². The molecule has 1 aliphatic heterocycles. The Morgan fingerprint density at radius 1 is 1.31 bits per heavy atom. The lowest BCUT2D eigenvalue weighted by atomic mass is 9.97. The van der Waals surface area contributed by atoms with Crippen LogP contribution in [0.3, 0.4) is 0 Å². The molecule has 2 heterocycles. The lowest BCUT2D eigenvalue weighted by Gasteiger charge is -2.31. The topological polar surface area (TPSA) is 69.2 Å². The van der Waals surface area contributed by atoms with Crippen molar-refractivity contribution >= 4 is 17.0 Å². The number of aromatic nitrogens is 2. The van der Waals surface area contributed by atoms with Crippen molar-refractivity contribution in [3.05, 3.63) is 65.0 Å². The third kappa shape index (κ3) is 3.48. The largest absolute Gasteiger partial charge is 0.478 e. The van der Waals surface area contributed by atoms with Crippen LogP contribution in [-0.2, 0) is 6.54 Å². The van der Waals surface area contributed by atoms with E-state index in [1.165, 1.54) is 5.56 Å². The van der Waals surface area contributed by atoms with E-state index in [0.717, 1.165) is 54.9 Å². The molecule has 5 heteroatoms. The number of hydrogen-bond acceptors (Lipinski definition) is 3. The number of carbonyl (C=O) groups is 1. The number of hydrogen-bond donors (Lipinski definition) is 2. The van der Waals surface area contributed by atoms with Crippen LogP contribution in [0.4, 0.5) is 0 Å². The van der Waals surface area contributed by atoms with Gasteiger partial charge in [0.15, 0.2) is 0 Å². The normalized spacial score (nSPS) is 18.3. The van der Waals surface area contributed by atoms with E-state index in [-0.39, 0.29) is 0 Å². The van der Waals surface area contributed by atoms with Gasteiger partial charge in [-0.15, -0.1) is 0 Å². The van der Waals surface area contributed by atoms with E-state index < -0.39 is 5.97 Å². The van der Waals surface area contributed by atoms with Crippen molar-refractivity contribution in [1.29, 1.82) is 0 Å². The number of likely N-dealkylation sites (tertiary alicyclic amines) is 1. The summed E-state index contributed by atoms with van der Waals surface area (Å²) in [5.74, 6) is 0.578. The summed E-state index contributed by atoms with van der Waals surface area (Å²) in [5, 5.41) is 9.17. The molecule has 1 aliphatic rings. The third-order valence-electron chi connectivity index (χ3n) is 5.13. The van der Waals surface area contributed by atoms with E-state index in [0.29, 0.717) is 11.5 Å². The van der Waals surface area contributed by atoms with Gasteiger partial charge in [0, 0.05) is 19.0 Å². The van der Waals surface area contributed by atoms with Crippen LogP contribution in [0.1, 0.15) is 46.1 Å². The molecule has 1 fully saturated rings. The van der Waals surface area contributed by atoms with E-state index in [9.17, 15) is 4.79 Å². The number of nitrogens with one attached hydrogen (secondary N) is 1. The number of fused-ring (bicyclic) bond motifs is 1. The van der Waals surface area contributed by atoms with Crippen molar-refractivity contribution in [3.63, 3.8) is 0 Å². The minimum atomic E-state index is -0.874. The molecule has 0 bridgehead atoms. The zero-order valence-corrected chi connectivity index (χ0v) is 14.9. The lowest BCUT2D eigenvalue weighted by Crippen LogP contribution is -2.34. The van der Waals surface area contributed by atoms with Gasteiger partial charge >= 0.3 is 5.97 Å². The van der Waals surface area contributed by atoms with Crippen molar-refractivity contribution in [2.45, 2.75) is 32.2 Å². The molecule has 0 spiro atoms. The third-order valence-corrected chi connectivity index (χ3v) is 5.13. The zero-order chi connectivity index (χ0) is 18.1. The average Bonchev–Trinajstić information content (AvgIpc) is 3.05. The smallest absolute Gasteiger partial charge is 0.335 e. The first kappa shape index (κ1) is 16.8. The van der Waals surface area contributed by atoms with E-state index >= 15 is 0 Å². The highest BCUT2D eigenvalue weighted by Gasteiger charge is 2.24. The van der Waals surface area contributed by atoms with Crippen molar-refractivity contribution in [1.82, 2.24) is 14.9 Å². The Bertz CT molecular complexity index is 947. The molecule has 2 aromatic carbocycles. The molecule has 0 amide bonds. The number of rotatable bonds is 4. The molecule has 26 heavy (non-hydrogen) atoms. The van der Waals surface area contributed by atoms with Crippen LogP contribution < -0.4 is 0 Å². The molecular weight excluding hydrogens is 326 g/mol. The van der Waals surface area contributed by atoms with Gasteiger partial charge < -0.3 is 10.1 Å². The van der Waals surface area contributed by atoms with Crippen LogP contribution >= 0.6 is 0 Å². The number of carboxylic acid groups (broad SMARTS) is 1. The molecule has 3 aromatic rings. The molecule has 1 saturated heterocycles. The van der Waals surface area contributed by atoms with E-state index in [4.69, 9.17) is 10.1 Å². The number of aromatic carboxylic acids is 1. The minimum Gasteiger partial charge on any atom is -0.478 e. The first-order chi connectivity index (χ1) is 12.6. The Morgan fingerprint density at radius 2 is 2.19 bits per heavy atom. The quantitative estimate of drug-likeness (QED) is 0.748. The summed E-state index contributed by atoms with van der Waals surface area (Å²) in [6.07, 6.45) is 2.25. The number of benzene rings is 2. The van der Waals surface area contributed by atoms with Gasteiger partial charge in [0.2, 0.25) is 0 Å². The number of aromatic amines is 1. The molecule has 2 N–H and O–H groups in total. The second kappa shape index (κ2) is 6.92. The SMILES string of the molecule is Cc1ccc2nc(C3CCCN(Cc4cccc(C(=O)O)c4)C3)[nH]c2c1. The molecule has 134 valence electrons. The summed E-state index contributed by atoms with van der Waals surface area (Å²) in [6.45, 7) is 4.84. The highest BCUT2D eigenvalue weighted by Crippen LogP contribution is 2.28. The van der Waals surface area contributed by atoms with Crippen LogP contribution in [0, 0.1) is 6.92 Å². The maximum Gasteiger partial charge on any atom is 0.335 e. The molecule has 1 atom stereocenters.